The highest BCUT2D eigenvalue weighted by atomic mass is 32.1. The standard InChI is InChI=1S/C17H20N2OS/c1-11-4-7-14-13(9-11)3-2-8-19(14)17-18-16(12-5-6-12)15(10-20)21-17/h4,7,9,12,20H,2-3,5-6,8,10H2,1H3. The summed E-state index contributed by atoms with van der Waals surface area (Å²) in [6.45, 7) is 3.30. The van der Waals surface area contributed by atoms with E-state index in [2.05, 4.69) is 30.0 Å². The fourth-order valence-electron chi connectivity index (χ4n) is 3.18. The summed E-state index contributed by atoms with van der Waals surface area (Å²) in [7, 11) is 0. The molecule has 1 aromatic carbocycles. The van der Waals surface area contributed by atoms with E-state index in [-0.39, 0.29) is 6.61 Å². The van der Waals surface area contributed by atoms with Crippen LogP contribution in [0, 0.1) is 6.92 Å². The third-order valence-electron chi connectivity index (χ3n) is 4.41. The summed E-state index contributed by atoms with van der Waals surface area (Å²) in [5.74, 6) is 0.597. The minimum Gasteiger partial charge on any atom is -0.391 e. The lowest BCUT2D eigenvalue weighted by atomic mass is 10.00. The van der Waals surface area contributed by atoms with E-state index in [4.69, 9.17) is 4.98 Å². The molecule has 1 aliphatic heterocycles. The highest BCUT2D eigenvalue weighted by Gasteiger charge is 2.31. The monoisotopic (exact) mass is 300 g/mol. The van der Waals surface area contributed by atoms with Crippen molar-refractivity contribution in [1.29, 1.82) is 0 Å². The number of anilines is 2. The maximum Gasteiger partial charge on any atom is 0.190 e. The molecule has 1 saturated carbocycles. The second-order valence-electron chi connectivity index (χ2n) is 6.12. The first-order chi connectivity index (χ1) is 10.3. The molecule has 3 nitrogen and oxygen atoms in total. The number of aliphatic hydroxyl groups excluding tert-OH is 1. The fraction of sp³-hybridized carbons (Fsp3) is 0.471. The van der Waals surface area contributed by atoms with Crippen LogP contribution in [0.3, 0.4) is 0 Å². The van der Waals surface area contributed by atoms with Gasteiger partial charge in [-0.1, -0.05) is 29.0 Å². The normalized spacial score (nSPS) is 17.9. The summed E-state index contributed by atoms with van der Waals surface area (Å²) >= 11 is 1.67. The molecule has 110 valence electrons. The highest BCUT2D eigenvalue weighted by Crippen LogP contribution is 2.45. The average molecular weight is 300 g/mol. The molecule has 4 heteroatoms. The van der Waals surface area contributed by atoms with Crippen molar-refractivity contribution >= 4 is 22.2 Å². The van der Waals surface area contributed by atoms with Gasteiger partial charge in [-0.15, -0.1) is 0 Å². The molecule has 0 unspecified atom stereocenters. The lowest BCUT2D eigenvalue weighted by molar-refractivity contribution is 0.284. The Morgan fingerprint density at radius 1 is 1.38 bits per heavy atom. The van der Waals surface area contributed by atoms with Crippen molar-refractivity contribution < 1.29 is 5.11 Å². The number of hydrogen-bond donors (Lipinski definition) is 1. The van der Waals surface area contributed by atoms with E-state index in [0.717, 1.165) is 28.7 Å². The Labute approximate surface area is 129 Å². The molecule has 0 radical (unpaired) electrons. The van der Waals surface area contributed by atoms with E-state index in [9.17, 15) is 5.11 Å². The zero-order valence-corrected chi connectivity index (χ0v) is 13.1. The van der Waals surface area contributed by atoms with Gasteiger partial charge in [0.05, 0.1) is 17.2 Å². The lowest BCUT2D eigenvalue weighted by Crippen LogP contribution is -2.24. The third kappa shape index (κ3) is 2.36. The van der Waals surface area contributed by atoms with Crippen LogP contribution in [0.25, 0.3) is 0 Å². The lowest BCUT2D eigenvalue weighted by Gasteiger charge is -2.29. The topological polar surface area (TPSA) is 36.4 Å². The molecule has 0 bridgehead atoms. The largest absolute Gasteiger partial charge is 0.391 e. The summed E-state index contributed by atoms with van der Waals surface area (Å²) in [4.78, 5) is 8.28. The van der Waals surface area contributed by atoms with Gasteiger partial charge in [-0.3, -0.25) is 0 Å². The van der Waals surface area contributed by atoms with Gasteiger partial charge in [0.2, 0.25) is 0 Å². The molecule has 0 amide bonds. The van der Waals surface area contributed by atoms with Crippen LogP contribution in [0.4, 0.5) is 10.8 Å². The second-order valence-corrected chi connectivity index (χ2v) is 7.19. The molecule has 1 aromatic heterocycles. The zero-order chi connectivity index (χ0) is 14.4. The van der Waals surface area contributed by atoms with Gasteiger partial charge < -0.3 is 10.0 Å². The summed E-state index contributed by atoms with van der Waals surface area (Å²) in [6, 6.07) is 6.70. The van der Waals surface area contributed by atoms with Gasteiger partial charge in [0.1, 0.15) is 0 Å². The van der Waals surface area contributed by atoms with Crippen LogP contribution in [-0.2, 0) is 13.0 Å². The summed E-state index contributed by atoms with van der Waals surface area (Å²) in [5.41, 5.74) is 5.20. The first-order valence-electron chi connectivity index (χ1n) is 7.74. The first-order valence-corrected chi connectivity index (χ1v) is 8.55. The molecule has 1 aliphatic carbocycles. The number of aliphatic hydroxyl groups is 1. The van der Waals surface area contributed by atoms with E-state index in [1.54, 1.807) is 11.3 Å². The number of rotatable bonds is 3. The van der Waals surface area contributed by atoms with Gasteiger partial charge >= 0.3 is 0 Å². The summed E-state index contributed by atoms with van der Waals surface area (Å²) in [6.07, 6.45) is 4.78. The van der Waals surface area contributed by atoms with Crippen LogP contribution in [0.5, 0.6) is 0 Å². The summed E-state index contributed by atoms with van der Waals surface area (Å²) in [5, 5.41) is 10.7. The minimum atomic E-state index is 0.123. The fourth-order valence-corrected chi connectivity index (χ4v) is 4.23. The van der Waals surface area contributed by atoms with Gasteiger partial charge in [0.15, 0.2) is 5.13 Å². The number of thiazole rings is 1. The van der Waals surface area contributed by atoms with Crippen molar-refractivity contribution in [3.63, 3.8) is 0 Å². The molecule has 2 aromatic rings. The van der Waals surface area contributed by atoms with Gasteiger partial charge in [-0.05, 0) is 44.2 Å². The molecule has 1 fully saturated rings. The molecule has 21 heavy (non-hydrogen) atoms. The Morgan fingerprint density at radius 2 is 2.24 bits per heavy atom. The van der Waals surface area contributed by atoms with E-state index in [1.807, 2.05) is 0 Å². The van der Waals surface area contributed by atoms with Crippen molar-refractivity contribution in [2.24, 2.45) is 0 Å². The Bertz CT molecular complexity index is 675. The Kier molecular flexibility index (Phi) is 3.23. The second kappa shape index (κ2) is 5.11. The number of aryl methyl sites for hydroxylation is 2. The van der Waals surface area contributed by atoms with E-state index < -0.39 is 0 Å². The van der Waals surface area contributed by atoms with Crippen LogP contribution < -0.4 is 4.90 Å². The predicted octanol–water partition coefficient (Wildman–Crippen LogP) is 3.91. The molecule has 0 atom stereocenters. The number of hydrogen-bond acceptors (Lipinski definition) is 4. The van der Waals surface area contributed by atoms with Crippen molar-refractivity contribution in [2.45, 2.75) is 45.1 Å². The van der Waals surface area contributed by atoms with Crippen LogP contribution in [0.15, 0.2) is 18.2 Å². The summed E-state index contributed by atoms with van der Waals surface area (Å²) < 4.78 is 0. The van der Waals surface area contributed by atoms with Crippen LogP contribution >= 0.6 is 11.3 Å². The van der Waals surface area contributed by atoms with Gasteiger partial charge in [0, 0.05) is 18.2 Å². The Hall–Kier alpha value is -1.39. The maximum atomic E-state index is 9.59. The van der Waals surface area contributed by atoms with Crippen molar-refractivity contribution in [2.75, 3.05) is 11.4 Å². The smallest absolute Gasteiger partial charge is 0.190 e. The molecule has 1 N–H and O–H groups in total. The first kappa shape index (κ1) is 13.3. The van der Waals surface area contributed by atoms with E-state index >= 15 is 0 Å². The van der Waals surface area contributed by atoms with E-state index in [0.29, 0.717) is 5.92 Å². The molecule has 2 aliphatic rings. The van der Waals surface area contributed by atoms with Crippen molar-refractivity contribution in [3.05, 3.63) is 39.9 Å². The van der Waals surface area contributed by atoms with Crippen molar-refractivity contribution in [1.82, 2.24) is 4.98 Å². The predicted molar refractivity (Wildman–Crippen MR) is 86.5 cm³/mol. The van der Waals surface area contributed by atoms with Crippen molar-refractivity contribution in [3.8, 4) is 0 Å². The average Bonchev–Trinajstić information content (AvgIpc) is 3.25. The highest BCUT2D eigenvalue weighted by molar-refractivity contribution is 7.15. The number of aromatic nitrogens is 1. The SMILES string of the molecule is Cc1ccc2c(c1)CCCN2c1nc(C2CC2)c(CO)s1. The third-order valence-corrected chi connectivity index (χ3v) is 5.49. The molecule has 0 spiro atoms. The molecular weight excluding hydrogens is 280 g/mol. The number of fused-ring (bicyclic) bond motifs is 1. The number of benzene rings is 1. The van der Waals surface area contributed by atoms with Crippen LogP contribution in [0.2, 0.25) is 0 Å². The van der Waals surface area contributed by atoms with Gasteiger partial charge in [-0.2, -0.15) is 0 Å². The van der Waals surface area contributed by atoms with Crippen LogP contribution in [0.1, 0.15) is 46.9 Å². The van der Waals surface area contributed by atoms with Gasteiger partial charge in [0.25, 0.3) is 0 Å². The quantitative estimate of drug-likeness (QED) is 0.933. The Morgan fingerprint density at radius 3 is 3.00 bits per heavy atom. The van der Waals surface area contributed by atoms with Crippen LogP contribution in [-0.4, -0.2) is 16.6 Å². The van der Waals surface area contributed by atoms with Gasteiger partial charge in [-0.25, -0.2) is 4.98 Å². The molecule has 2 heterocycles. The van der Waals surface area contributed by atoms with E-state index in [1.165, 1.54) is 36.1 Å². The molecule has 4 rings (SSSR count). The zero-order valence-electron chi connectivity index (χ0n) is 12.3. The number of nitrogens with zero attached hydrogens (tertiary/aromatic N) is 2. The minimum absolute atomic E-state index is 0.123. The maximum absolute atomic E-state index is 9.59. The Balaban J connectivity index is 1.74. The molecular formula is C17H20N2OS. The molecule has 0 saturated heterocycles.